The molecule has 0 aliphatic carbocycles. The second-order valence-electron chi connectivity index (χ2n) is 6.33. The maximum absolute atomic E-state index is 13.0. The first-order valence-corrected chi connectivity index (χ1v) is 8.59. The maximum atomic E-state index is 13.0. The van der Waals surface area contributed by atoms with Gasteiger partial charge >= 0.3 is 0 Å². The van der Waals surface area contributed by atoms with Crippen molar-refractivity contribution in [2.24, 2.45) is 0 Å². The summed E-state index contributed by atoms with van der Waals surface area (Å²) in [4.78, 5) is 23.6. The summed E-state index contributed by atoms with van der Waals surface area (Å²) >= 11 is 0. The SMILES string of the molecule is CC(C)Nc1cc(C(=O)N(C)c2ccccc2)nc(-c2ccccc2)n1. The van der Waals surface area contributed by atoms with E-state index in [2.05, 4.69) is 15.3 Å². The van der Waals surface area contributed by atoms with E-state index in [9.17, 15) is 4.79 Å². The third kappa shape index (κ3) is 4.06. The maximum Gasteiger partial charge on any atom is 0.276 e. The molecule has 0 aliphatic rings. The summed E-state index contributed by atoms with van der Waals surface area (Å²) in [6.07, 6.45) is 0. The van der Waals surface area contributed by atoms with E-state index in [0.29, 0.717) is 17.3 Å². The number of benzene rings is 2. The van der Waals surface area contributed by atoms with Gasteiger partial charge in [0, 0.05) is 30.4 Å². The Hall–Kier alpha value is -3.21. The van der Waals surface area contributed by atoms with Crippen molar-refractivity contribution in [1.82, 2.24) is 9.97 Å². The largest absolute Gasteiger partial charge is 0.368 e. The number of para-hydroxylation sites is 1. The summed E-state index contributed by atoms with van der Waals surface area (Å²) in [5.41, 5.74) is 2.04. The molecule has 1 heterocycles. The lowest BCUT2D eigenvalue weighted by Gasteiger charge is -2.18. The molecule has 26 heavy (non-hydrogen) atoms. The molecule has 0 saturated carbocycles. The number of nitrogens with one attached hydrogen (secondary N) is 1. The molecule has 0 fully saturated rings. The Morgan fingerprint density at radius 2 is 1.58 bits per heavy atom. The van der Waals surface area contributed by atoms with E-state index in [1.54, 1.807) is 18.0 Å². The summed E-state index contributed by atoms with van der Waals surface area (Å²) in [5.74, 6) is 0.988. The van der Waals surface area contributed by atoms with E-state index in [-0.39, 0.29) is 11.9 Å². The molecule has 1 amide bonds. The molecule has 1 N–H and O–H groups in total. The summed E-state index contributed by atoms with van der Waals surface area (Å²) in [6.45, 7) is 4.06. The van der Waals surface area contributed by atoms with Crippen molar-refractivity contribution < 1.29 is 4.79 Å². The minimum Gasteiger partial charge on any atom is -0.368 e. The Labute approximate surface area is 153 Å². The van der Waals surface area contributed by atoms with E-state index >= 15 is 0 Å². The van der Waals surface area contributed by atoms with Crippen molar-refractivity contribution >= 4 is 17.4 Å². The van der Waals surface area contributed by atoms with Crippen LogP contribution in [0, 0.1) is 0 Å². The van der Waals surface area contributed by atoms with Crippen LogP contribution in [0.3, 0.4) is 0 Å². The van der Waals surface area contributed by atoms with Gasteiger partial charge in [-0.15, -0.1) is 0 Å². The molecule has 0 radical (unpaired) electrons. The lowest BCUT2D eigenvalue weighted by Crippen LogP contribution is -2.27. The Balaban J connectivity index is 2.01. The molecule has 2 aromatic carbocycles. The van der Waals surface area contributed by atoms with Crippen LogP contribution in [-0.2, 0) is 0 Å². The van der Waals surface area contributed by atoms with Crippen LogP contribution in [0.15, 0.2) is 66.7 Å². The molecule has 5 nitrogen and oxygen atoms in total. The predicted octanol–water partition coefficient (Wildman–Crippen LogP) is 4.24. The van der Waals surface area contributed by atoms with E-state index in [0.717, 1.165) is 11.3 Å². The Bertz CT molecular complexity index is 879. The molecule has 3 aromatic rings. The Kier molecular flexibility index (Phi) is 5.27. The molecular weight excluding hydrogens is 324 g/mol. The summed E-state index contributed by atoms with van der Waals surface area (Å²) < 4.78 is 0. The molecule has 0 spiro atoms. The number of hydrogen-bond acceptors (Lipinski definition) is 4. The first kappa shape index (κ1) is 17.6. The zero-order chi connectivity index (χ0) is 18.5. The highest BCUT2D eigenvalue weighted by atomic mass is 16.2. The average molecular weight is 346 g/mol. The standard InChI is InChI=1S/C21H22N4O/c1-15(2)22-19-14-18(21(26)25(3)17-12-8-5-9-13-17)23-20(24-19)16-10-6-4-7-11-16/h4-15H,1-3H3,(H,22,23,24). The molecule has 0 bridgehead atoms. The van der Waals surface area contributed by atoms with Crippen molar-refractivity contribution in [2.75, 3.05) is 17.3 Å². The number of carbonyl (C=O) groups is 1. The third-order valence-electron chi connectivity index (χ3n) is 3.86. The molecule has 0 unspecified atom stereocenters. The van der Waals surface area contributed by atoms with Crippen molar-refractivity contribution in [3.63, 3.8) is 0 Å². The van der Waals surface area contributed by atoms with E-state index in [4.69, 9.17) is 0 Å². The van der Waals surface area contributed by atoms with Crippen molar-refractivity contribution in [1.29, 1.82) is 0 Å². The van der Waals surface area contributed by atoms with Crippen LogP contribution in [0.4, 0.5) is 11.5 Å². The van der Waals surface area contributed by atoms with E-state index < -0.39 is 0 Å². The molecule has 0 atom stereocenters. The van der Waals surface area contributed by atoms with Gasteiger partial charge in [-0.25, -0.2) is 9.97 Å². The molecule has 5 heteroatoms. The van der Waals surface area contributed by atoms with Crippen LogP contribution in [-0.4, -0.2) is 29.0 Å². The Morgan fingerprint density at radius 3 is 2.19 bits per heavy atom. The number of nitrogens with zero attached hydrogens (tertiary/aromatic N) is 3. The predicted molar refractivity (Wildman–Crippen MR) is 105 cm³/mol. The summed E-state index contributed by atoms with van der Waals surface area (Å²) in [6, 6.07) is 21.1. The third-order valence-corrected chi connectivity index (χ3v) is 3.86. The van der Waals surface area contributed by atoms with Gasteiger partial charge in [0.2, 0.25) is 0 Å². The minimum absolute atomic E-state index is 0.178. The lowest BCUT2D eigenvalue weighted by atomic mass is 10.2. The van der Waals surface area contributed by atoms with E-state index in [1.807, 2.05) is 74.5 Å². The first-order valence-electron chi connectivity index (χ1n) is 8.59. The second-order valence-corrected chi connectivity index (χ2v) is 6.33. The van der Waals surface area contributed by atoms with Crippen LogP contribution in [0.1, 0.15) is 24.3 Å². The smallest absolute Gasteiger partial charge is 0.276 e. The summed E-state index contributed by atoms with van der Waals surface area (Å²) in [7, 11) is 1.75. The van der Waals surface area contributed by atoms with E-state index in [1.165, 1.54) is 0 Å². The Morgan fingerprint density at radius 1 is 0.962 bits per heavy atom. The van der Waals surface area contributed by atoms with Crippen molar-refractivity contribution in [2.45, 2.75) is 19.9 Å². The number of anilines is 2. The monoisotopic (exact) mass is 346 g/mol. The first-order chi connectivity index (χ1) is 12.5. The minimum atomic E-state index is -0.178. The van der Waals surface area contributed by atoms with Gasteiger partial charge < -0.3 is 10.2 Å². The lowest BCUT2D eigenvalue weighted by molar-refractivity contribution is 0.0988. The van der Waals surface area contributed by atoms with Gasteiger partial charge in [0.15, 0.2) is 5.82 Å². The number of aromatic nitrogens is 2. The summed E-state index contributed by atoms with van der Waals surface area (Å²) in [5, 5.41) is 3.27. The molecule has 3 rings (SSSR count). The van der Waals surface area contributed by atoms with Crippen LogP contribution in [0.2, 0.25) is 0 Å². The van der Waals surface area contributed by atoms with Gasteiger partial charge in [0.1, 0.15) is 11.5 Å². The van der Waals surface area contributed by atoms with Gasteiger partial charge in [-0.2, -0.15) is 0 Å². The van der Waals surface area contributed by atoms with Crippen LogP contribution >= 0.6 is 0 Å². The molecule has 132 valence electrons. The van der Waals surface area contributed by atoms with Gasteiger partial charge in [-0.3, -0.25) is 4.79 Å². The van der Waals surface area contributed by atoms with Gasteiger partial charge in [-0.1, -0.05) is 48.5 Å². The topological polar surface area (TPSA) is 58.1 Å². The molecule has 0 saturated heterocycles. The fraction of sp³-hybridized carbons (Fsp3) is 0.190. The highest BCUT2D eigenvalue weighted by Gasteiger charge is 2.18. The van der Waals surface area contributed by atoms with Crippen molar-refractivity contribution in [3.05, 3.63) is 72.4 Å². The van der Waals surface area contributed by atoms with Gasteiger partial charge in [0.25, 0.3) is 5.91 Å². The zero-order valence-corrected chi connectivity index (χ0v) is 15.2. The second kappa shape index (κ2) is 7.78. The number of amides is 1. The quantitative estimate of drug-likeness (QED) is 0.751. The number of carbonyl (C=O) groups excluding carboxylic acids is 1. The fourth-order valence-electron chi connectivity index (χ4n) is 2.58. The van der Waals surface area contributed by atoms with Gasteiger partial charge in [-0.05, 0) is 26.0 Å². The van der Waals surface area contributed by atoms with Crippen LogP contribution in [0.25, 0.3) is 11.4 Å². The average Bonchev–Trinajstić information content (AvgIpc) is 2.67. The molecular formula is C21H22N4O. The highest BCUT2D eigenvalue weighted by molar-refractivity contribution is 6.05. The van der Waals surface area contributed by atoms with Crippen molar-refractivity contribution in [3.8, 4) is 11.4 Å². The number of rotatable bonds is 5. The van der Waals surface area contributed by atoms with Crippen LogP contribution in [0.5, 0.6) is 0 Å². The molecule has 0 aliphatic heterocycles. The zero-order valence-electron chi connectivity index (χ0n) is 15.2. The highest BCUT2D eigenvalue weighted by Crippen LogP contribution is 2.20. The normalized spacial score (nSPS) is 10.6. The van der Waals surface area contributed by atoms with Crippen LogP contribution < -0.4 is 10.2 Å². The van der Waals surface area contributed by atoms with Gasteiger partial charge in [0.05, 0.1) is 0 Å². The molecule has 1 aromatic heterocycles. The fourth-order valence-corrected chi connectivity index (χ4v) is 2.58. The number of hydrogen-bond donors (Lipinski definition) is 1.